The lowest BCUT2D eigenvalue weighted by atomic mass is 10.3. The maximum atomic E-state index is 12.8. The van der Waals surface area contributed by atoms with E-state index in [4.69, 9.17) is 11.6 Å². The summed E-state index contributed by atoms with van der Waals surface area (Å²) in [5, 5.41) is 0.386. The van der Waals surface area contributed by atoms with Crippen LogP contribution in [0.2, 0.25) is 5.15 Å². The van der Waals surface area contributed by atoms with Crippen molar-refractivity contribution in [2.45, 2.75) is 6.42 Å². The highest BCUT2D eigenvalue weighted by Crippen LogP contribution is 2.20. The molecule has 3 aromatic heterocycles. The van der Waals surface area contributed by atoms with Crippen molar-refractivity contribution < 1.29 is 4.79 Å². The highest BCUT2D eigenvalue weighted by Gasteiger charge is 2.20. The Balaban J connectivity index is 1.29. The van der Waals surface area contributed by atoms with Crippen molar-refractivity contribution in [2.75, 3.05) is 31.1 Å². The van der Waals surface area contributed by atoms with E-state index in [2.05, 4.69) is 19.9 Å². The van der Waals surface area contributed by atoms with Crippen LogP contribution in [0.1, 0.15) is 12.1 Å². The Labute approximate surface area is 178 Å². The molecule has 0 radical (unpaired) electrons. The molecule has 8 heteroatoms. The number of carbonyl (C=O) groups excluding carboxylic acids is 1. The molecule has 4 aromatic rings. The van der Waals surface area contributed by atoms with Crippen LogP contribution in [-0.4, -0.2) is 56.3 Å². The number of benzene rings is 1. The van der Waals surface area contributed by atoms with Gasteiger partial charge in [0.1, 0.15) is 5.65 Å². The molecule has 0 atom stereocenters. The van der Waals surface area contributed by atoms with E-state index in [1.165, 1.54) is 0 Å². The quantitative estimate of drug-likeness (QED) is 0.514. The van der Waals surface area contributed by atoms with Gasteiger partial charge in [-0.05, 0) is 36.8 Å². The summed E-state index contributed by atoms with van der Waals surface area (Å²) in [7, 11) is 0. The van der Waals surface area contributed by atoms with Crippen molar-refractivity contribution in [3.05, 3.63) is 65.6 Å². The number of anilines is 1. The molecule has 5 rings (SSSR count). The van der Waals surface area contributed by atoms with Gasteiger partial charge >= 0.3 is 0 Å². The molecule has 7 nitrogen and oxygen atoms in total. The highest BCUT2D eigenvalue weighted by molar-refractivity contribution is 6.31. The Morgan fingerprint density at radius 2 is 1.90 bits per heavy atom. The molecule has 1 saturated heterocycles. The summed E-state index contributed by atoms with van der Waals surface area (Å²) in [4.78, 5) is 29.3. The van der Waals surface area contributed by atoms with Gasteiger partial charge in [-0.1, -0.05) is 29.8 Å². The molecule has 1 amide bonds. The predicted octanol–water partition coefficient (Wildman–Crippen LogP) is 3.62. The largest absolute Gasteiger partial charge is 0.341 e. The second-order valence-electron chi connectivity index (χ2n) is 7.29. The minimum absolute atomic E-state index is 0.0246. The molecule has 0 unspecified atom stereocenters. The number of nitrogens with zero attached hydrogens (tertiary/aromatic N) is 5. The molecule has 30 heavy (non-hydrogen) atoms. The first kappa shape index (κ1) is 18.7. The van der Waals surface area contributed by atoms with Crippen LogP contribution < -0.4 is 4.90 Å². The minimum Gasteiger partial charge on any atom is -0.341 e. The molecular weight excluding hydrogens is 400 g/mol. The Kier molecular flexibility index (Phi) is 4.88. The van der Waals surface area contributed by atoms with Gasteiger partial charge in [0.2, 0.25) is 11.9 Å². The topological polar surface area (TPSA) is 69.5 Å². The summed E-state index contributed by atoms with van der Waals surface area (Å²) in [5.41, 5.74) is 3.44. The third kappa shape index (κ3) is 3.52. The second kappa shape index (κ2) is 7.84. The standard InChI is InChI=1S/C22H21ClN6O/c23-21-18(29-13-4-3-8-19(29)26-21)9-10-20(30)27-11-5-12-28(15-14-27)22-24-16-6-1-2-7-17(16)25-22/h1-4,6-10,13H,5,11-12,14-15H2,(H,24,25)/b10-9+. The zero-order chi connectivity index (χ0) is 20.5. The van der Waals surface area contributed by atoms with E-state index in [0.29, 0.717) is 23.9 Å². The first-order chi connectivity index (χ1) is 14.7. The van der Waals surface area contributed by atoms with E-state index in [0.717, 1.165) is 42.1 Å². The Hall–Kier alpha value is -3.32. The monoisotopic (exact) mass is 420 g/mol. The third-order valence-electron chi connectivity index (χ3n) is 5.39. The van der Waals surface area contributed by atoms with Gasteiger partial charge in [-0.3, -0.25) is 9.20 Å². The van der Waals surface area contributed by atoms with Crippen molar-refractivity contribution >= 4 is 46.2 Å². The van der Waals surface area contributed by atoms with Gasteiger partial charge in [-0.2, -0.15) is 0 Å². The summed E-state index contributed by atoms with van der Waals surface area (Å²) in [6.45, 7) is 2.93. The lowest BCUT2D eigenvalue weighted by Crippen LogP contribution is -2.34. The lowest BCUT2D eigenvalue weighted by Gasteiger charge is -2.20. The number of aromatic amines is 1. The van der Waals surface area contributed by atoms with Crippen LogP contribution in [-0.2, 0) is 4.79 Å². The average molecular weight is 421 g/mol. The molecule has 1 aromatic carbocycles. The lowest BCUT2D eigenvalue weighted by molar-refractivity contribution is -0.125. The molecule has 0 bridgehead atoms. The Morgan fingerprint density at radius 3 is 2.80 bits per heavy atom. The van der Waals surface area contributed by atoms with Crippen LogP contribution in [0.15, 0.2) is 54.7 Å². The molecule has 4 heterocycles. The highest BCUT2D eigenvalue weighted by atomic mass is 35.5. The number of imidazole rings is 2. The van der Waals surface area contributed by atoms with Gasteiger partial charge in [-0.15, -0.1) is 0 Å². The van der Waals surface area contributed by atoms with Crippen LogP contribution in [0.25, 0.3) is 22.8 Å². The third-order valence-corrected chi connectivity index (χ3v) is 5.67. The van der Waals surface area contributed by atoms with E-state index in [1.807, 2.05) is 58.0 Å². The number of fused-ring (bicyclic) bond motifs is 2. The van der Waals surface area contributed by atoms with Crippen molar-refractivity contribution in [1.82, 2.24) is 24.3 Å². The number of hydrogen-bond acceptors (Lipinski definition) is 4. The SMILES string of the molecule is O=C(/C=C/c1c(Cl)nc2ccccn12)N1CCCN(c2nc3ccccc3[nH]2)CC1. The fraction of sp³-hybridized carbons (Fsp3) is 0.227. The van der Waals surface area contributed by atoms with Crippen LogP contribution in [0.5, 0.6) is 0 Å². The molecule has 1 aliphatic heterocycles. The Bertz CT molecular complexity index is 1210. The first-order valence-corrected chi connectivity index (χ1v) is 10.4. The van der Waals surface area contributed by atoms with Crippen molar-refractivity contribution in [3.8, 4) is 0 Å². The summed E-state index contributed by atoms with van der Waals surface area (Å²) < 4.78 is 1.87. The van der Waals surface area contributed by atoms with E-state index in [9.17, 15) is 4.79 Å². The predicted molar refractivity (Wildman–Crippen MR) is 119 cm³/mol. The van der Waals surface area contributed by atoms with Crippen LogP contribution in [0.3, 0.4) is 0 Å². The smallest absolute Gasteiger partial charge is 0.246 e. The number of rotatable bonds is 3. The maximum absolute atomic E-state index is 12.8. The first-order valence-electron chi connectivity index (χ1n) is 9.98. The minimum atomic E-state index is -0.0246. The van der Waals surface area contributed by atoms with Gasteiger partial charge in [0.15, 0.2) is 5.15 Å². The van der Waals surface area contributed by atoms with Crippen LogP contribution in [0, 0.1) is 0 Å². The number of pyridine rings is 1. The molecule has 152 valence electrons. The summed E-state index contributed by atoms with van der Waals surface area (Å²) in [5.74, 6) is 0.835. The Morgan fingerprint density at radius 1 is 1.03 bits per heavy atom. The van der Waals surface area contributed by atoms with Crippen molar-refractivity contribution in [1.29, 1.82) is 0 Å². The molecule has 1 aliphatic rings. The molecule has 1 fully saturated rings. The van der Waals surface area contributed by atoms with Gasteiger partial charge in [0.25, 0.3) is 0 Å². The molecule has 0 aliphatic carbocycles. The molecule has 0 saturated carbocycles. The van der Waals surface area contributed by atoms with Gasteiger partial charge in [0.05, 0.1) is 16.7 Å². The molecular formula is C22H21ClN6O. The van der Waals surface area contributed by atoms with Crippen molar-refractivity contribution in [3.63, 3.8) is 0 Å². The zero-order valence-electron chi connectivity index (χ0n) is 16.3. The average Bonchev–Trinajstić information content (AvgIpc) is 3.22. The van der Waals surface area contributed by atoms with E-state index in [-0.39, 0.29) is 5.91 Å². The number of halogens is 1. The normalized spacial score (nSPS) is 15.4. The number of para-hydroxylation sites is 2. The van der Waals surface area contributed by atoms with E-state index >= 15 is 0 Å². The maximum Gasteiger partial charge on any atom is 0.246 e. The second-order valence-corrected chi connectivity index (χ2v) is 7.65. The number of amides is 1. The number of carbonyl (C=O) groups is 1. The summed E-state index contributed by atoms with van der Waals surface area (Å²) in [6.07, 6.45) is 6.09. The number of hydrogen-bond donors (Lipinski definition) is 1. The van der Waals surface area contributed by atoms with Crippen molar-refractivity contribution in [2.24, 2.45) is 0 Å². The molecule has 0 spiro atoms. The fourth-order valence-electron chi connectivity index (χ4n) is 3.83. The number of H-pyrrole nitrogens is 1. The van der Waals surface area contributed by atoms with E-state index in [1.54, 1.807) is 12.2 Å². The summed E-state index contributed by atoms with van der Waals surface area (Å²) in [6, 6.07) is 13.7. The van der Waals surface area contributed by atoms with E-state index < -0.39 is 0 Å². The van der Waals surface area contributed by atoms with Gasteiger partial charge < -0.3 is 14.8 Å². The molecule has 1 N–H and O–H groups in total. The van der Waals surface area contributed by atoms with Crippen LogP contribution >= 0.6 is 11.6 Å². The van der Waals surface area contributed by atoms with Gasteiger partial charge in [-0.25, -0.2) is 9.97 Å². The fourth-order valence-corrected chi connectivity index (χ4v) is 4.07. The number of aromatic nitrogens is 4. The number of nitrogens with one attached hydrogen (secondary N) is 1. The van der Waals surface area contributed by atoms with Crippen LogP contribution in [0.4, 0.5) is 5.95 Å². The van der Waals surface area contributed by atoms with Gasteiger partial charge in [0, 0.05) is 38.5 Å². The summed E-state index contributed by atoms with van der Waals surface area (Å²) >= 11 is 6.26. The zero-order valence-corrected chi connectivity index (χ0v) is 17.1.